The van der Waals surface area contributed by atoms with E-state index in [1.165, 1.54) is 128 Å². The van der Waals surface area contributed by atoms with Crippen LogP contribution in [0, 0.1) is 0 Å². The summed E-state index contributed by atoms with van der Waals surface area (Å²) in [5.74, 6) is -1.08. The molecule has 176 valence electrons. The average molecular weight is 437 g/mol. The van der Waals surface area contributed by atoms with Gasteiger partial charge in [0, 0.05) is 19.2 Å². The van der Waals surface area contributed by atoms with Crippen LogP contribution in [0.2, 0.25) is 0 Å². The number of carbonyl (C=O) groups excluding carboxylic acids is 1. The molecule has 30 heavy (non-hydrogen) atoms. The molecule has 0 radical (unpaired) electrons. The van der Waals surface area contributed by atoms with Crippen LogP contribution in [0.1, 0.15) is 149 Å². The number of carboxylic acid groups (broad SMARTS) is 1. The SMILES string of the molecule is CC(=O)[O-].CCCCCCCCCCCCOCCCCCCCCCCCC.[Na+]. The molecule has 0 rings (SSSR count). The Balaban J connectivity index is -0.00000133. The summed E-state index contributed by atoms with van der Waals surface area (Å²) in [6.07, 6.45) is 28.2. The number of hydrogen-bond donors (Lipinski definition) is 0. The fraction of sp³-hybridized carbons (Fsp3) is 0.962. The van der Waals surface area contributed by atoms with Gasteiger partial charge in [-0.25, -0.2) is 0 Å². The van der Waals surface area contributed by atoms with E-state index in [1.54, 1.807) is 0 Å². The second-order valence-corrected chi connectivity index (χ2v) is 8.47. The molecule has 0 aliphatic heterocycles. The van der Waals surface area contributed by atoms with E-state index >= 15 is 0 Å². The fourth-order valence-electron chi connectivity index (χ4n) is 3.49. The van der Waals surface area contributed by atoms with E-state index < -0.39 is 5.97 Å². The Morgan fingerprint density at radius 2 is 0.733 bits per heavy atom. The summed E-state index contributed by atoms with van der Waals surface area (Å²) < 4.78 is 5.78. The van der Waals surface area contributed by atoms with Crippen molar-refractivity contribution in [1.29, 1.82) is 0 Å². The summed E-state index contributed by atoms with van der Waals surface area (Å²) in [7, 11) is 0. The monoisotopic (exact) mass is 436 g/mol. The minimum absolute atomic E-state index is 0. The Hall–Kier alpha value is 0.430. The molecule has 0 spiro atoms. The van der Waals surface area contributed by atoms with Gasteiger partial charge in [-0.2, -0.15) is 0 Å². The van der Waals surface area contributed by atoms with Crippen LogP contribution in [-0.2, 0) is 9.53 Å². The molecule has 0 aromatic carbocycles. The Bertz CT molecular complexity index is 272. The Morgan fingerprint density at radius 1 is 0.533 bits per heavy atom. The zero-order chi connectivity index (χ0) is 21.8. The van der Waals surface area contributed by atoms with E-state index in [2.05, 4.69) is 13.8 Å². The normalized spacial score (nSPS) is 10.2. The van der Waals surface area contributed by atoms with Crippen LogP contribution in [0.15, 0.2) is 0 Å². The van der Waals surface area contributed by atoms with E-state index in [1.807, 2.05) is 0 Å². The minimum Gasteiger partial charge on any atom is -0.550 e. The zero-order valence-electron chi connectivity index (χ0n) is 21.3. The van der Waals surface area contributed by atoms with Crippen molar-refractivity contribution in [2.45, 2.75) is 149 Å². The van der Waals surface area contributed by atoms with Crippen molar-refractivity contribution in [1.82, 2.24) is 0 Å². The third kappa shape index (κ3) is 42.5. The first-order valence-electron chi connectivity index (χ1n) is 12.9. The summed E-state index contributed by atoms with van der Waals surface area (Å²) in [5, 5.41) is 8.89. The predicted molar refractivity (Wildman–Crippen MR) is 125 cm³/mol. The van der Waals surface area contributed by atoms with Crippen LogP contribution in [-0.4, -0.2) is 19.2 Å². The van der Waals surface area contributed by atoms with Crippen molar-refractivity contribution in [3.05, 3.63) is 0 Å². The number of carbonyl (C=O) groups is 1. The molecule has 0 aliphatic carbocycles. The Labute approximate surface area is 211 Å². The predicted octanol–water partition coefficient (Wildman–Crippen LogP) is 4.61. The summed E-state index contributed by atoms with van der Waals surface area (Å²) in [4.78, 5) is 8.89. The van der Waals surface area contributed by atoms with Gasteiger partial charge in [0.1, 0.15) is 0 Å². The molecule has 4 heteroatoms. The number of rotatable bonds is 22. The smallest absolute Gasteiger partial charge is 0.550 e. The molecule has 0 unspecified atom stereocenters. The van der Waals surface area contributed by atoms with Crippen molar-refractivity contribution in [3.63, 3.8) is 0 Å². The molecule has 0 aliphatic rings. The third-order valence-electron chi connectivity index (χ3n) is 5.28. The molecule has 3 nitrogen and oxygen atoms in total. The standard InChI is InChI=1S/C24H50O.C2H4O2.Na/c1-3-5-7-9-11-13-15-17-19-21-23-25-24-22-20-18-16-14-12-10-8-6-4-2;1-2(3)4;/h3-24H2,1-2H3;1H3,(H,3,4);/q;;+1/p-1. The van der Waals surface area contributed by atoms with Gasteiger partial charge in [-0.1, -0.05) is 129 Å². The molecule has 0 saturated heterocycles. The van der Waals surface area contributed by atoms with Gasteiger partial charge in [-0.15, -0.1) is 0 Å². The quantitative estimate of drug-likeness (QED) is 0.184. The molecule has 0 fully saturated rings. The molecule has 0 atom stereocenters. The molecular weight excluding hydrogens is 383 g/mol. The van der Waals surface area contributed by atoms with Crippen LogP contribution in [0.4, 0.5) is 0 Å². The molecular formula is C26H53NaO3. The maximum atomic E-state index is 8.89. The van der Waals surface area contributed by atoms with Crippen molar-refractivity contribution >= 4 is 5.97 Å². The van der Waals surface area contributed by atoms with Crippen molar-refractivity contribution in [3.8, 4) is 0 Å². The van der Waals surface area contributed by atoms with Crippen molar-refractivity contribution in [2.24, 2.45) is 0 Å². The maximum Gasteiger partial charge on any atom is 1.00 e. The second-order valence-electron chi connectivity index (χ2n) is 8.47. The first-order valence-corrected chi connectivity index (χ1v) is 12.9. The van der Waals surface area contributed by atoms with Gasteiger partial charge in [0.15, 0.2) is 0 Å². The molecule has 0 saturated carbocycles. The van der Waals surface area contributed by atoms with Gasteiger partial charge in [0.2, 0.25) is 0 Å². The van der Waals surface area contributed by atoms with Crippen LogP contribution >= 0.6 is 0 Å². The summed E-state index contributed by atoms with van der Waals surface area (Å²) in [5.41, 5.74) is 0. The van der Waals surface area contributed by atoms with E-state index in [4.69, 9.17) is 14.6 Å². The van der Waals surface area contributed by atoms with Gasteiger partial charge >= 0.3 is 29.6 Å². The first-order chi connectivity index (χ1) is 14.1. The Morgan fingerprint density at radius 3 is 0.967 bits per heavy atom. The fourth-order valence-corrected chi connectivity index (χ4v) is 3.49. The van der Waals surface area contributed by atoms with Crippen LogP contribution in [0.5, 0.6) is 0 Å². The minimum atomic E-state index is -1.08. The first kappa shape index (κ1) is 35.0. The molecule has 0 N–H and O–H groups in total. The Kier molecular flexibility index (Phi) is 39.8. The molecule has 0 bridgehead atoms. The van der Waals surface area contributed by atoms with Gasteiger partial charge < -0.3 is 14.6 Å². The molecule has 0 heterocycles. The number of ether oxygens (including phenoxy) is 1. The van der Waals surface area contributed by atoms with Crippen LogP contribution in [0.25, 0.3) is 0 Å². The van der Waals surface area contributed by atoms with E-state index in [0.29, 0.717) is 0 Å². The van der Waals surface area contributed by atoms with Gasteiger partial charge in [0.25, 0.3) is 0 Å². The third-order valence-corrected chi connectivity index (χ3v) is 5.28. The number of hydrogen-bond acceptors (Lipinski definition) is 3. The summed E-state index contributed by atoms with van der Waals surface area (Å²) >= 11 is 0. The molecule has 0 aromatic rings. The number of unbranched alkanes of at least 4 members (excludes halogenated alkanes) is 18. The number of aliphatic carboxylic acids is 1. The van der Waals surface area contributed by atoms with Crippen molar-refractivity contribution in [2.75, 3.05) is 13.2 Å². The topological polar surface area (TPSA) is 49.4 Å². The molecule has 0 aromatic heterocycles. The summed E-state index contributed by atoms with van der Waals surface area (Å²) in [6.45, 7) is 7.54. The maximum absolute atomic E-state index is 8.89. The van der Waals surface area contributed by atoms with E-state index in [-0.39, 0.29) is 29.6 Å². The van der Waals surface area contributed by atoms with Crippen molar-refractivity contribution < 1.29 is 44.2 Å². The van der Waals surface area contributed by atoms with E-state index in [0.717, 1.165) is 20.1 Å². The van der Waals surface area contributed by atoms with Gasteiger partial charge in [-0.3, -0.25) is 0 Å². The second kappa shape index (κ2) is 34.1. The van der Waals surface area contributed by atoms with E-state index in [9.17, 15) is 0 Å². The molecule has 0 amide bonds. The average Bonchev–Trinajstić information content (AvgIpc) is 2.69. The zero-order valence-corrected chi connectivity index (χ0v) is 23.3. The largest absolute Gasteiger partial charge is 1.00 e. The summed E-state index contributed by atoms with van der Waals surface area (Å²) in [6, 6.07) is 0. The van der Waals surface area contributed by atoms with Crippen LogP contribution in [0.3, 0.4) is 0 Å². The van der Waals surface area contributed by atoms with Crippen LogP contribution < -0.4 is 34.7 Å². The number of carboxylic acids is 1. The van der Waals surface area contributed by atoms with Gasteiger partial charge in [-0.05, 0) is 19.8 Å². The van der Waals surface area contributed by atoms with Gasteiger partial charge in [0.05, 0.1) is 0 Å².